The second-order valence-electron chi connectivity index (χ2n) is 6.11. The van der Waals surface area contributed by atoms with Crippen LogP contribution >= 0.6 is 0 Å². The summed E-state index contributed by atoms with van der Waals surface area (Å²) in [5, 5.41) is 5.98. The fraction of sp³-hybridized carbons (Fsp3) is 0.667. The molecule has 5 heteroatoms. The highest BCUT2D eigenvalue weighted by Crippen LogP contribution is 2.37. The molecule has 3 nitrogen and oxygen atoms in total. The summed E-state index contributed by atoms with van der Waals surface area (Å²) in [7, 11) is 0. The van der Waals surface area contributed by atoms with Gasteiger partial charge >= 0.3 is 0 Å². The highest BCUT2D eigenvalue weighted by molar-refractivity contribution is 5.48. The zero-order valence-corrected chi connectivity index (χ0v) is 12.4. The summed E-state index contributed by atoms with van der Waals surface area (Å²) in [4.78, 5) is 4.05. The summed E-state index contributed by atoms with van der Waals surface area (Å²) < 4.78 is 27.4. The zero-order chi connectivity index (χ0) is 14.8. The summed E-state index contributed by atoms with van der Waals surface area (Å²) in [5.74, 6) is -1.05. The summed E-state index contributed by atoms with van der Waals surface area (Å²) in [6, 6.07) is 1.06. The van der Waals surface area contributed by atoms with Crippen LogP contribution in [-0.2, 0) is 0 Å². The Labute approximate surface area is 119 Å². The van der Waals surface area contributed by atoms with Crippen molar-refractivity contribution >= 4 is 11.6 Å². The average Bonchev–Trinajstić information content (AvgIpc) is 2.37. The van der Waals surface area contributed by atoms with Crippen molar-refractivity contribution in [3.05, 3.63) is 17.7 Å². The number of rotatable bonds is 4. The first kappa shape index (κ1) is 15.0. The standard InChI is InChI=1S/C15H23F2N3/c1-4-18-13-10(16)9-11(17)14(20-13)19-12-7-5-6-8-15(12,2)3/h9,12H,4-8H2,1-3H3,(H2,18,19,20). The van der Waals surface area contributed by atoms with E-state index in [9.17, 15) is 8.78 Å². The van der Waals surface area contributed by atoms with Gasteiger partial charge in [0, 0.05) is 18.7 Å². The fourth-order valence-corrected chi connectivity index (χ4v) is 2.79. The Kier molecular flexibility index (Phi) is 4.45. The van der Waals surface area contributed by atoms with Crippen LogP contribution in [0.5, 0.6) is 0 Å². The lowest BCUT2D eigenvalue weighted by atomic mass is 9.73. The molecule has 0 saturated heterocycles. The Morgan fingerprint density at radius 3 is 2.60 bits per heavy atom. The molecule has 2 rings (SSSR count). The van der Waals surface area contributed by atoms with E-state index in [4.69, 9.17) is 0 Å². The normalized spacial score (nSPS) is 21.6. The summed E-state index contributed by atoms with van der Waals surface area (Å²) in [6.07, 6.45) is 4.42. The molecular formula is C15H23F2N3. The second-order valence-corrected chi connectivity index (χ2v) is 6.11. The molecule has 20 heavy (non-hydrogen) atoms. The van der Waals surface area contributed by atoms with Gasteiger partial charge in [0.05, 0.1) is 0 Å². The van der Waals surface area contributed by atoms with Crippen LogP contribution in [0.1, 0.15) is 46.5 Å². The Morgan fingerprint density at radius 1 is 1.25 bits per heavy atom. The van der Waals surface area contributed by atoms with E-state index in [0.29, 0.717) is 6.54 Å². The molecule has 1 heterocycles. The minimum Gasteiger partial charge on any atom is -0.368 e. The molecular weight excluding hydrogens is 260 g/mol. The van der Waals surface area contributed by atoms with E-state index in [0.717, 1.165) is 25.3 Å². The van der Waals surface area contributed by atoms with Crippen molar-refractivity contribution in [1.29, 1.82) is 0 Å². The van der Waals surface area contributed by atoms with E-state index < -0.39 is 11.6 Å². The Hall–Kier alpha value is -1.39. The van der Waals surface area contributed by atoms with Crippen molar-refractivity contribution in [2.45, 2.75) is 52.5 Å². The number of anilines is 2. The molecule has 1 aromatic heterocycles. The minimum atomic E-state index is -0.655. The molecule has 1 atom stereocenters. The van der Waals surface area contributed by atoms with E-state index in [2.05, 4.69) is 29.5 Å². The molecule has 1 unspecified atom stereocenters. The highest BCUT2D eigenvalue weighted by Gasteiger charge is 2.33. The smallest absolute Gasteiger partial charge is 0.168 e. The van der Waals surface area contributed by atoms with Gasteiger partial charge in [0.2, 0.25) is 0 Å². The quantitative estimate of drug-likeness (QED) is 0.870. The van der Waals surface area contributed by atoms with Crippen LogP contribution in [0.3, 0.4) is 0 Å². The molecule has 0 aliphatic heterocycles. The Balaban J connectivity index is 2.21. The van der Waals surface area contributed by atoms with Crippen LogP contribution in [0, 0.1) is 17.0 Å². The molecule has 112 valence electrons. The highest BCUT2D eigenvalue weighted by atomic mass is 19.1. The van der Waals surface area contributed by atoms with Crippen molar-refractivity contribution in [3.63, 3.8) is 0 Å². The van der Waals surface area contributed by atoms with E-state index in [1.807, 2.05) is 6.92 Å². The average molecular weight is 283 g/mol. The molecule has 0 bridgehead atoms. The lowest BCUT2D eigenvalue weighted by Crippen LogP contribution is -2.39. The third-order valence-corrected chi connectivity index (χ3v) is 4.09. The van der Waals surface area contributed by atoms with Crippen molar-refractivity contribution in [1.82, 2.24) is 4.98 Å². The van der Waals surface area contributed by atoms with Crippen molar-refractivity contribution in [2.75, 3.05) is 17.2 Å². The van der Waals surface area contributed by atoms with Crippen LogP contribution in [0.2, 0.25) is 0 Å². The van der Waals surface area contributed by atoms with Gasteiger partial charge in [-0.1, -0.05) is 26.7 Å². The zero-order valence-electron chi connectivity index (χ0n) is 12.4. The monoisotopic (exact) mass is 283 g/mol. The van der Waals surface area contributed by atoms with Crippen LogP contribution in [0.25, 0.3) is 0 Å². The van der Waals surface area contributed by atoms with Crippen LogP contribution in [-0.4, -0.2) is 17.6 Å². The van der Waals surface area contributed by atoms with Crippen LogP contribution in [0.4, 0.5) is 20.4 Å². The summed E-state index contributed by atoms with van der Waals surface area (Å²) in [6.45, 7) is 6.75. The van der Waals surface area contributed by atoms with Crippen LogP contribution in [0.15, 0.2) is 6.07 Å². The van der Waals surface area contributed by atoms with Gasteiger partial charge in [-0.05, 0) is 25.2 Å². The van der Waals surface area contributed by atoms with Gasteiger partial charge in [0.1, 0.15) is 0 Å². The van der Waals surface area contributed by atoms with Gasteiger partial charge in [0.25, 0.3) is 0 Å². The van der Waals surface area contributed by atoms with Crippen LogP contribution < -0.4 is 10.6 Å². The van der Waals surface area contributed by atoms with Crippen molar-refractivity contribution < 1.29 is 8.78 Å². The minimum absolute atomic E-state index is 0.0963. The van der Waals surface area contributed by atoms with E-state index >= 15 is 0 Å². The van der Waals surface area contributed by atoms with Crippen molar-refractivity contribution in [2.24, 2.45) is 5.41 Å². The van der Waals surface area contributed by atoms with E-state index in [1.54, 1.807) is 0 Å². The number of nitrogens with one attached hydrogen (secondary N) is 2. The maximum Gasteiger partial charge on any atom is 0.168 e. The molecule has 0 amide bonds. The molecule has 1 aliphatic carbocycles. The third-order valence-electron chi connectivity index (χ3n) is 4.09. The van der Waals surface area contributed by atoms with E-state index in [1.165, 1.54) is 6.42 Å². The number of aromatic nitrogens is 1. The van der Waals surface area contributed by atoms with Gasteiger partial charge in [0.15, 0.2) is 23.3 Å². The predicted molar refractivity (Wildman–Crippen MR) is 78.0 cm³/mol. The number of halogens is 2. The van der Waals surface area contributed by atoms with Gasteiger partial charge in [-0.15, -0.1) is 0 Å². The predicted octanol–water partition coefficient (Wildman–Crippen LogP) is 4.17. The molecule has 1 aliphatic rings. The maximum absolute atomic E-state index is 13.9. The fourth-order valence-electron chi connectivity index (χ4n) is 2.79. The first-order valence-electron chi connectivity index (χ1n) is 7.30. The molecule has 0 aromatic carbocycles. The molecule has 1 fully saturated rings. The topological polar surface area (TPSA) is 37.0 Å². The third kappa shape index (κ3) is 3.19. The molecule has 0 spiro atoms. The largest absolute Gasteiger partial charge is 0.368 e. The van der Waals surface area contributed by atoms with Gasteiger partial charge in [-0.3, -0.25) is 0 Å². The van der Waals surface area contributed by atoms with Gasteiger partial charge in [-0.2, -0.15) is 0 Å². The maximum atomic E-state index is 13.9. The van der Waals surface area contributed by atoms with Gasteiger partial charge in [-0.25, -0.2) is 13.8 Å². The second kappa shape index (κ2) is 5.94. The number of nitrogens with zero attached hydrogens (tertiary/aromatic N) is 1. The SMILES string of the molecule is CCNc1nc(NC2CCCCC2(C)C)c(F)cc1F. The first-order chi connectivity index (χ1) is 9.44. The Morgan fingerprint density at radius 2 is 1.95 bits per heavy atom. The molecule has 2 N–H and O–H groups in total. The molecule has 1 saturated carbocycles. The summed E-state index contributed by atoms with van der Waals surface area (Å²) >= 11 is 0. The molecule has 0 radical (unpaired) electrons. The first-order valence-corrected chi connectivity index (χ1v) is 7.30. The van der Waals surface area contributed by atoms with Crippen molar-refractivity contribution in [3.8, 4) is 0 Å². The number of pyridine rings is 1. The molecule has 1 aromatic rings. The lowest BCUT2D eigenvalue weighted by Gasteiger charge is -2.39. The van der Waals surface area contributed by atoms with E-state index in [-0.39, 0.29) is 23.1 Å². The number of hydrogen-bond acceptors (Lipinski definition) is 3. The summed E-state index contributed by atoms with van der Waals surface area (Å²) in [5.41, 5.74) is 0.0963. The van der Waals surface area contributed by atoms with Gasteiger partial charge < -0.3 is 10.6 Å². The Bertz CT molecular complexity index is 474. The lowest BCUT2D eigenvalue weighted by molar-refractivity contribution is 0.216. The number of hydrogen-bond donors (Lipinski definition) is 2.